The Balaban J connectivity index is 1.34. The molecular formula is C23H29N5O5. The molecule has 2 aliphatic rings. The highest BCUT2D eigenvalue weighted by molar-refractivity contribution is 5.82. The summed E-state index contributed by atoms with van der Waals surface area (Å²) in [4.78, 5) is 13.2. The standard InChI is InChI=1S/C23H29N5O5/c29-10-17-19(30)20(31)23(33-17)28-13-26-18-21(24-12-25-22(18)28)27-15-8-4-5-9-16(15)32-11-14-6-2-1-3-7-14/h1-3,6-7,12-13,15-17,19-20,23,29-31H,4-5,8-11H2,(H,24,25,27)/t15-,16-,17+,19+,20+,23+/m0/s1. The topological polar surface area (TPSA) is 135 Å². The SMILES string of the molecule is OC[C@H]1O[C@@H](n2cnc3c(N[C@H]4CCCC[C@@H]4OCc4ccccc4)ncnc32)[C@H](O)[C@@H]1O. The summed E-state index contributed by atoms with van der Waals surface area (Å²) >= 11 is 0. The molecule has 176 valence electrons. The number of aliphatic hydroxyl groups is 3. The van der Waals surface area contributed by atoms with Crippen molar-refractivity contribution in [2.75, 3.05) is 11.9 Å². The molecule has 1 saturated heterocycles. The summed E-state index contributed by atoms with van der Waals surface area (Å²) in [5, 5.41) is 33.4. The van der Waals surface area contributed by atoms with Gasteiger partial charge in [0.05, 0.1) is 31.7 Å². The lowest BCUT2D eigenvalue weighted by Crippen LogP contribution is -2.38. The average molecular weight is 456 g/mol. The van der Waals surface area contributed by atoms with Crippen molar-refractivity contribution >= 4 is 17.0 Å². The second kappa shape index (κ2) is 9.70. The summed E-state index contributed by atoms with van der Waals surface area (Å²) in [5.41, 5.74) is 2.16. The van der Waals surface area contributed by atoms with Crippen LogP contribution in [0.3, 0.4) is 0 Å². The first kappa shape index (κ1) is 22.2. The van der Waals surface area contributed by atoms with Crippen LogP contribution in [0.4, 0.5) is 5.82 Å². The molecular weight excluding hydrogens is 426 g/mol. The maximum Gasteiger partial charge on any atom is 0.167 e. The number of hydrogen-bond donors (Lipinski definition) is 4. The lowest BCUT2D eigenvalue weighted by atomic mass is 9.92. The van der Waals surface area contributed by atoms with Crippen molar-refractivity contribution in [2.24, 2.45) is 0 Å². The summed E-state index contributed by atoms with van der Waals surface area (Å²) in [5.74, 6) is 0.589. The Bertz CT molecular complexity index is 1060. The Labute approximate surface area is 191 Å². The molecule has 4 N–H and O–H groups in total. The van der Waals surface area contributed by atoms with Gasteiger partial charge in [0.15, 0.2) is 23.2 Å². The highest BCUT2D eigenvalue weighted by Crippen LogP contribution is 2.33. The van der Waals surface area contributed by atoms with Crippen LogP contribution in [0.25, 0.3) is 11.2 Å². The number of anilines is 1. The van der Waals surface area contributed by atoms with Gasteiger partial charge < -0.3 is 30.1 Å². The first-order valence-electron chi connectivity index (χ1n) is 11.4. The Kier molecular flexibility index (Phi) is 6.52. The number of aromatic nitrogens is 4. The molecule has 1 aromatic carbocycles. The summed E-state index contributed by atoms with van der Waals surface area (Å²) in [6.07, 6.45) is 2.98. The molecule has 3 heterocycles. The zero-order chi connectivity index (χ0) is 22.8. The number of imidazole rings is 1. The smallest absolute Gasteiger partial charge is 0.167 e. The molecule has 0 amide bonds. The lowest BCUT2D eigenvalue weighted by Gasteiger charge is -2.32. The molecule has 3 aromatic rings. The number of rotatable bonds is 7. The van der Waals surface area contributed by atoms with E-state index >= 15 is 0 Å². The number of ether oxygens (including phenoxy) is 2. The highest BCUT2D eigenvalue weighted by atomic mass is 16.6. The maximum atomic E-state index is 10.4. The first-order valence-corrected chi connectivity index (χ1v) is 11.4. The van der Waals surface area contributed by atoms with Crippen LogP contribution in [0.15, 0.2) is 43.0 Å². The van der Waals surface area contributed by atoms with Crippen molar-refractivity contribution < 1.29 is 24.8 Å². The van der Waals surface area contributed by atoms with Crippen molar-refractivity contribution in [1.82, 2.24) is 19.5 Å². The number of nitrogens with zero attached hydrogens (tertiary/aromatic N) is 4. The Morgan fingerprint density at radius 3 is 2.67 bits per heavy atom. The summed E-state index contributed by atoms with van der Waals surface area (Å²) in [6.45, 7) is 0.165. The highest BCUT2D eigenvalue weighted by Gasteiger charge is 2.44. The minimum Gasteiger partial charge on any atom is -0.394 e. The quantitative estimate of drug-likeness (QED) is 0.417. The van der Waals surface area contributed by atoms with E-state index in [1.165, 1.54) is 12.7 Å². The van der Waals surface area contributed by atoms with Gasteiger partial charge >= 0.3 is 0 Å². The van der Waals surface area contributed by atoms with Gasteiger partial charge in [0, 0.05) is 0 Å². The fraction of sp³-hybridized carbons (Fsp3) is 0.522. The Hall–Kier alpha value is -2.63. The van der Waals surface area contributed by atoms with Gasteiger partial charge in [-0.1, -0.05) is 43.2 Å². The van der Waals surface area contributed by atoms with Crippen LogP contribution in [-0.4, -0.2) is 71.9 Å². The Morgan fingerprint density at radius 1 is 1.06 bits per heavy atom. The van der Waals surface area contributed by atoms with Crippen LogP contribution in [-0.2, 0) is 16.1 Å². The van der Waals surface area contributed by atoms with E-state index in [9.17, 15) is 15.3 Å². The number of fused-ring (bicyclic) bond motifs is 1. The molecule has 1 saturated carbocycles. The van der Waals surface area contributed by atoms with Gasteiger partial charge in [0.1, 0.15) is 24.6 Å². The summed E-state index contributed by atoms with van der Waals surface area (Å²) in [6, 6.07) is 10.2. The minimum atomic E-state index is -1.21. The van der Waals surface area contributed by atoms with Gasteiger partial charge in [-0.3, -0.25) is 4.57 Å². The molecule has 6 atom stereocenters. The van der Waals surface area contributed by atoms with Gasteiger partial charge in [-0.05, 0) is 18.4 Å². The van der Waals surface area contributed by atoms with Crippen LogP contribution in [0.1, 0.15) is 37.5 Å². The molecule has 0 unspecified atom stereocenters. The summed E-state index contributed by atoms with van der Waals surface area (Å²) < 4.78 is 13.5. The van der Waals surface area contributed by atoms with Gasteiger partial charge in [-0.2, -0.15) is 0 Å². The van der Waals surface area contributed by atoms with Gasteiger partial charge in [0.25, 0.3) is 0 Å². The number of aliphatic hydroxyl groups excluding tert-OH is 3. The van der Waals surface area contributed by atoms with E-state index < -0.39 is 31.1 Å². The molecule has 5 rings (SSSR count). The number of benzene rings is 1. The molecule has 0 radical (unpaired) electrons. The zero-order valence-electron chi connectivity index (χ0n) is 18.2. The fourth-order valence-electron chi connectivity index (χ4n) is 4.67. The zero-order valence-corrected chi connectivity index (χ0v) is 18.2. The fourth-order valence-corrected chi connectivity index (χ4v) is 4.67. The van der Waals surface area contributed by atoms with Crippen LogP contribution >= 0.6 is 0 Å². The third-order valence-corrected chi connectivity index (χ3v) is 6.48. The van der Waals surface area contributed by atoms with Crippen molar-refractivity contribution in [3.05, 3.63) is 48.5 Å². The Morgan fingerprint density at radius 2 is 1.88 bits per heavy atom. The molecule has 10 nitrogen and oxygen atoms in total. The second-order valence-corrected chi connectivity index (χ2v) is 8.65. The van der Waals surface area contributed by atoms with Crippen LogP contribution in [0, 0.1) is 0 Å². The first-order chi connectivity index (χ1) is 16.2. The number of hydrogen-bond acceptors (Lipinski definition) is 9. The molecule has 2 fully saturated rings. The average Bonchev–Trinajstić information content (AvgIpc) is 3.40. The van der Waals surface area contributed by atoms with E-state index in [1.54, 1.807) is 4.57 Å². The predicted octanol–water partition coefficient (Wildman–Crippen LogP) is 1.38. The van der Waals surface area contributed by atoms with E-state index in [4.69, 9.17) is 9.47 Å². The monoisotopic (exact) mass is 455 g/mol. The van der Waals surface area contributed by atoms with Crippen LogP contribution in [0.2, 0.25) is 0 Å². The van der Waals surface area contributed by atoms with Crippen LogP contribution in [0.5, 0.6) is 0 Å². The molecule has 10 heteroatoms. The van der Waals surface area contributed by atoms with Crippen molar-refractivity contribution in [3.8, 4) is 0 Å². The molecule has 0 bridgehead atoms. The molecule has 33 heavy (non-hydrogen) atoms. The minimum absolute atomic E-state index is 0.0477. The van der Waals surface area contributed by atoms with Gasteiger partial charge in [0.2, 0.25) is 0 Å². The normalized spacial score (nSPS) is 30.0. The van der Waals surface area contributed by atoms with Crippen molar-refractivity contribution in [3.63, 3.8) is 0 Å². The molecule has 1 aliphatic carbocycles. The van der Waals surface area contributed by atoms with Gasteiger partial charge in [-0.15, -0.1) is 0 Å². The predicted molar refractivity (Wildman–Crippen MR) is 119 cm³/mol. The second-order valence-electron chi connectivity index (χ2n) is 8.65. The van der Waals surface area contributed by atoms with Crippen molar-refractivity contribution in [2.45, 2.75) is 69.0 Å². The largest absolute Gasteiger partial charge is 0.394 e. The molecule has 1 aliphatic heterocycles. The molecule has 2 aromatic heterocycles. The van der Waals surface area contributed by atoms with Crippen molar-refractivity contribution in [1.29, 1.82) is 0 Å². The van der Waals surface area contributed by atoms with E-state index in [1.807, 2.05) is 18.2 Å². The third kappa shape index (κ3) is 4.44. The summed E-state index contributed by atoms with van der Waals surface area (Å²) in [7, 11) is 0. The lowest BCUT2D eigenvalue weighted by molar-refractivity contribution is -0.0511. The van der Waals surface area contributed by atoms with Gasteiger partial charge in [-0.25, -0.2) is 15.0 Å². The maximum absolute atomic E-state index is 10.4. The van der Waals surface area contributed by atoms with E-state index in [-0.39, 0.29) is 12.1 Å². The van der Waals surface area contributed by atoms with E-state index in [0.29, 0.717) is 23.6 Å². The number of nitrogens with one attached hydrogen (secondary N) is 1. The third-order valence-electron chi connectivity index (χ3n) is 6.48. The van der Waals surface area contributed by atoms with E-state index in [2.05, 4.69) is 32.4 Å². The molecule has 0 spiro atoms. The van der Waals surface area contributed by atoms with E-state index in [0.717, 1.165) is 31.2 Å². The van der Waals surface area contributed by atoms with Crippen LogP contribution < -0.4 is 5.32 Å².